The number of rotatable bonds is 4. The Balaban J connectivity index is 0.000000593. The van der Waals surface area contributed by atoms with E-state index in [1.54, 1.807) is 0 Å². The van der Waals surface area contributed by atoms with E-state index >= 15 is 0 Å². The Bertz CT molecular complexity index is 682. The van der Waals surface area contributed by atoms with Gasteiger partial charge in [-0.25, -0.2) is 9.13 Å². The van der Waals surface area contributed by atoms with Crippen LogP contribution in [0.2, 0.25) is 0 Å². The van der Waals surface area contributed by atoms with Gasteiger partial charge in [0.2, 0.25) is 6.33 Å². The fraction of sp³-hybridized carbons (Fsp3) is 0.700. The molecule has 0 spiro atoms. The van der Waals surface area contributed by atoms with E-state index in [1.807, 2.05) is 17.8 Å². The molecule has 0 radical (unpaired) electrons. The number of imidazole rings is 1. The van der Waals surface area contributed by atoms with Gasteiger partial charge < -0.3 is 0 Å². The third-order valence-corrected chi connectivity index (χ3v) is 3.53. The third-order valence-electron chi connectivity index (χ3n) is 2.63. The van der Waals surface area contributed by atoms with Gasteiger partial charge in [0.15, 0.2) is 0 Å². The highest BCUT2D eigenvalue weighted by Gasteiger charge is 2.85. The average Bonchev–Trinajstić information content (AvgIpc) is 2.82. The van der Waals surface area contributed by atoms with Gasteiger partial charge >= 0.3 is 33.4 Å². The summed E-state index contributed by atoms with van der Waals surface area (Å²) in [4.78, 5) is 0. The molecule has 0 aliphatic heterocycles. The minimum Gasteiger partial charge on any atom is -0.281 e. The van der Waals surface area contributed by atoms with E-state index in [1.165, 1.54) is 0 Å². The summed E-state index contributed by atoms with van der Waals surface area (Å²) in [6.07, 6.45) is -0.992. The lowest BCUT2D eigenvalue weighted by Crippen LogP contribution is -2.63. The topological polar surface area (TPSA) is 63.2 Å². The van der Waals surface area contributed by atoms with Crippen molar-refractivity contribution in [2.24, 2.45) is 7.05 Å². The molecule has 1 rings (SSSR count). The maximum absolute atomic E-state index is 12.2. The Morgan fingerprint density at radius 1 is 1.00 bits per heavy atom. The first-order chi connectivity index (χ1) is 10.8. The largest absolute Gasteiger partial charge is 0.460 e. The smallest absolute Gasteiger partial charge is 0.281 e. The van der Waals surface area contributed by atoms with Crippen molar-refractivity contribution in [3.63, 3.8) is 0 Å². The van der Waals surface area contributed by atoms with Gasteiger partial charge in [0.05, 0.1) is 13.6 Å². The molecule has 0 fully saturated rings. The van der Waals surface area contributed by atoms with Gasteiger partial charge in [-0.3, -0.25) is 4.55 Å². The molecule has 1 aromatic rings. The molecule has 0 bridgehead atoms. The molecule has 1 N–H and O–H groups in total. The molecule has 0 aliphatic rings. The SMILES string of the molecule is CCn1cc[n+](C)c1.O=S(=O)(O)C(F)(F)C(F)(F)C(F)(F)C(F)(F)F. The van der Waals surface area contributed by atoms with E-state index in [0.29, 0.717) is 0 Å². The molecular weight excluding hydrogens is 399 g/mol. The second-order valence-electron chi connectivity index (χ2n) is 4.55. The van der Waals surface area contributed by atoms with Crippen molar-refractivity contribution in [2.45, 2.75) is 36.7 Å². The maximum Gasteiger partial charge on any atom is 0.460 e. The highest BCUT2D eigenvalue weighted by atomic mass is 32.2. The minimum absolute atomic E-state index is 1.06. The standard InChI is InChI=1S/C6H11N2.C4HF9O3S/c1-3-8-5-4-7(2)6-8;5-1(6,3(9,10)11)2(7,8)4(12,13)17(14,15)16/h4-6H,3H2,1-2H3;(H,14,15,16)/q+1;. The van der Waals surface area contributed by atoms with Gasteiger partial charge in [-0.05, 0) is 6.92 Å². The molecule has 1 heterocycles. The highest BCUT2D eigenvalue weighted by Crippen LogP contribution is 2.54. The van der Waals surface area contributed by atoms with Crippen molar-refractivity contribution in [1.82, 2.24) is 4.57 Å². The summed E-state index contributed by atoms with van der Waals surface area (Å²) in [5, 5.41) is -7.00. The van der Waals surface area contributed by atoms with Crippen LogP contribution in [0.1, 0.15) is 6.92 Å². The molecule has 0 saturated heterocycles. The van der Waals surface area contributed by atoms with Crippen LogP contribution in [0.3, 0.4) is 0 Å². The first-order valence-electron chi connectivity index (χ1n) is 6.01. The third kappa shape index (κ3) is 4.56. The Labute approximate surface area is 135 Å². The molecule has 0 atom stereocenters. The van der Waals surface area contributed by atoms with Crippen LogP contribution in [0.25, 0.3) is 0 Å². The molecule has 0 saturated carbocycles. The monoisotopic (exact) mass is 411 g/mol. The van der Waals surface area contributed by atoms with Gasteiger partial charge in [-0.15, -0.1) is 0 Å². The molecule has 148 valence electrons. The van der Waals surface area contributed by atoms with Crippen LogP contribution in [0.5, 0.6) is 0 Å². The minimum atomic E-state index is -7.37. The number of aryl methyl sites for hydroxylation is 2. The Morgan fingerprint density at radius 3 is 1.64 bits per heavy atom. The van der Waals surface area contributed by atoms with Crippen LogP contribution in [0.15, 0.2) is 18.7 Å². The molecule has 15 heteroatoms. The van der Waals surface area contributed by atoms with Gasteiger partial charge in [0.25, 0.3) is 0 Å². The van der Waals surface area contributed by atoms with Crippen molar-refractivity contribution in [3.8, 4) is 0 Å². The van der Waals surface area contributed by atoms with Gasteiger partial charge in [-0.1, -0.05) is 0 Å². The summed E-state index contributed by atoms with van der Waals surface area (Å²) >= 11 is 0. The summed E-state index contributed by atoms with van der Waals surface area (Å²) in [6, 6.07) is 0. The zero-order chi connectivity index (χ0) is 20.5. The first-order valence-corrected chi connectivity index (χ1v) is 7.45. The van der Waals surface area contributed by atoms with E-state index in [-0.39, 0.29) is 0 Å². The van der Waals surface area contributed by atoms with Crippen molar-refractivity contribution < 1.29 is 57.1 Å². The Hall–Kier alpha value is -1.51. The summed E-state index contributed by atoms with van der Waals surface area (Å²) in [7, 11) is -5.15. The average molecular weight is 411 g/mol. The van der Waals surface area contributed by atoms with E-state index in [4.69, 9.17) is 4.55 Å². The Kier molecular flexibility index (Phi) is 6.59. The molecule has 25 heavy (non-hydrogen) atoms. The number of halogens is 9. The van der Waals surface area contributed by atoms with E-state index in [2.05, 4.69) is 24.0 Å². The number of alkyl halides is 9. The number of hydrogen-bond donors (Lipinski definition) is 1. The van der Waals surface area contributed by atoms with Crippen molar-refractivity contribution >= 4 is 10.1 Å². The lowest BCUT2D eigenvalue weighted by molar-refractivity contribution is -0.671. The van der Waals surface area contributed by atoms with Crippen molar-refractivity contribution in [3.05, 3.63) is 18.7 Å². The highest BCUT2D eigenvalue weighted by molar-refractivity contribution is 7.87. The number of nitrogens with zero attached hydrogens (tertiary/aromatic N) is 2. The first kappa shape index (κ1) is 23.5. The molecule has 0 amide bonds. The lowest BCUT2D eigenvalue weighted by Gasteiger charge is -2.31. The number of hydrogen-bond acceptors (Lipinski definition) is 2. The molecule has 0 aliphatic carbocycles. The normalized spacial score (nSPS) is 14.1. The van der Waals surface area contributed by atoms with Gasteiger partial charge in [-0.2, -0.15) is 47.9 Å². The van der Waals surface area contributed by atoms with Crippen molar-refractivity contribution in [2.75, 3.05) is 0 Å². The van der Waals surface area contributed by atoms with Crippen LogP contribution in [-0.2, 0) is 23.7 Å². The zero-order valence-electron chi connectivity index (χ0n) is 12.4. The lowest BCUT2D eigenvalue weighted by atomic mass is 10.1. The second kappa shape index (κ2) is 7.01. The Morgan fingerprint density at radius 2 is 1.44 bits per heavy atom. The van der Waals surface area contributed by atoms with Crippen LogP contribution >= 0.6 is 0 Å². The van der Waals surface area contributed by atoms with Gasteiger partial charge in [0, 0.05) is 0 Å². The molecular formula is C10H12F9N2O3S+. The fourth-order valence-corrected chi connectivity index (χ4v) is 1.66. The van der Waals surface area contributed by atoms with Crippen LogP contribution in [0.4, 0.5) is 39.5 Å². The predicted molar refractivity (Wildman–Crippen MR) is 63.7 cm³/mol. The van der Waals surface area contributed by atoms with Crippen LogP contribution < -0.4 is 4.57 Å². The zero-order valence-corrected chi connectivity index (χ0v) is 13.2. The second-order valence-corrected chi connectivity index (χ2v) is 6.01. The van der Waals surface area contributed by atoms with Crippen LogP contribution in [-0.4, -0.2) is 40.8 Å². The molecule has 0 aromatic carbocycles. The number of aromatic nitrogens is 2. The molecule has 1 aromatic heterocycles. The van der Waals surface area contributed by atoms with E-state index < -0.39 is 33.4 Å². The summed E-state index contributed by atoms with van der Waals surface area (Å²) in [6.45, 7) is 3.18. The summed E-state index contributed by atoms with van der Waals surface area (Å²) < 4.78 is 138. The quantitative estimate of drug-likeness (QED) is 0.471. The van der Waals surface area contributed by atoms with Crippen molar-refractivity contribution in [1.29, 1.82) is 0 Å². The van der Waals surface area contributed by atoms with Crippen LogP contribution in [0, 0.1) is 0 Å². The maximum atomic E-state index is 12.2. The van der Waals surface area contributed by atoms with E-state index in [0.717, 1.165) is 6.54 Å². The summed E-state index contributed by atoms with van der Waals surface area (Å²) in [5.41, 5.74) is 0. The molecule has 5 nitrogen and oxygen atoms in total. The van der Waals surface area contributed by atoms with E-state index in [9.17, 15) is 47.9 Å². The predicted octanol–water partition coefficient (Wildman–Crippen LogP) is 2.63. The molecule has 0 unspecified atom stereocenters. The summed E-state index contributed by atoms with van der Waals surface area (Å²) in [5.74, 6) is -14.7. The van der Waals surface area contributed by atoms with Gasteiger partial charge in [0.1, 0.15) is 12.4 Å². The fourth-order valence-electron chi connectivity index (χ4n) is 1.21.